The predicted molar refractivity (Wildman–Crippen MR) is 68.9 cm³/mol. The number of hydrogen-bond acceptors (Lipinski definition) is 1. The highest BCUT2D eigenvalue weighted by atomic mass is 16.4. The highest BCUT2D eigenvalue weighted by molar-refractivity contribution is 5.91. The lowest BCUT2D eigenvalue weighted by molar-refractivity contribution is -0.132. The van der Waals surface area contributed by atoms with E-state index < -0.39 is 5.97 Å². The molecule has 1 aliphatic carbocycles. The number of carboxylic acids is 1. The van der Waals surface area contributed by atoms with Gasteiger partial charge in [0.15, 0.2) is 0 Å². The fourth-order valence-electron chi connectivity index (χ4n) is 2.47. The molecule has 0 atom stereocenters. The van der Waals surface area contributed by atoms with E-state index in [1.165, 1.54) is 31.2 Å². The Morgan fingerprint density at radius 1 is 1.35 bits per heavy atom. The van der Waals surface area contributed by atoms with Gasteiger partial charge in [0.05, 0.1) is 0 Å². The van der Waals surface area contributed by atoms with E-state index in [0.717, 1.165) is 5.56 Å². The molecule has 2 heteroatoms. The van der Waals surface area contributed by atoms with Crippen LogP contribution >= 0.6 is 0 Å². The van der Waals surface area contributed by atoms with E-state index in [4.69, 9.17) is 5.11 Å². The Morgan fingerprint density at radius 3 is 2.71 bits per heavy atom. The van der Waals surface area contributed by atoms with E-state index in [0.29, 0.717) is 11.5 Å². The minimum Gasteiger partial charge on any atom is -0.478 e. The molecule has 0 radical (unpaired) electrons. The summed E-state index contributed by atoms with van der Waals surface area (Å²) in [4.78, 5) is 10.8. The second-order valence-electron chi connectivity index (χ2n) is 4.78. The second-order valence-corrected chi connectivity index (χ2v) is 4.78. The highest BCUT2D eigenvalue weighted by Crippen LogP contribution is 2.34. The molecule has 0 spiro atoms. The van der Waals surface area contributed by atoms with E-state index in [9.17, 15) is 4.79 Å². The summed E-state index contributed by atoms with van der Waals surface area (Å²) in [5, 5.41) is 8.86. The standard InChI is InChI=1S/C15H18O2/c1-11(15(16)17)9-12-5-4-8-14(10-12)13-6-2-3-7-13/h4-5,8-10,13H,2-3,6-7H2,1H3,(H,16,17)/b11-9+. The Bertz CT molecular complexity index is 440. The topological polar surface area (TPSA) is 37.3 Å². The molecular weight excluding hydrogens is 212 g/mol. The van der Waals surface area contributed by atoms with Crippen molar-refractivity contribution in [3.8, 4) is 0 Å². The van der Waals surface area contributed by atoms with Crippen LogP contribution in [0.2, 0.25) is 0 Å². The van der Waals surface area contributed by atoms with Crippen LogP contribution in [0.4, 0.5) is 0 Å². The molecule has 0 bridgehead atoms. The lowest BCUT2D eigenvalue weighted by Gasteiger charge is -2.10. The van der Waals surface area contributed by atoms with Gasteiger partial charge in [-0.3, -0.25) is 0 Å². The van der Waals surface area contributed by atoms with Gasteiger partial charge in [0.25, 0.3) is 0 Å². The van der Waals surface area contributed by atoms with Gasteiger partial charge < -0.3 is 5.11 Å². The Morgan fingerprint density at radius 2 is 2.06 bits per heavy atom. The number of carbonyl (C=O) groups is 1. The van der Waals surface area contributed by atoms with E-state index >= 15 is 0 Å². The summed E-state index contributed by atoms with van der Waals surface area (Å²) < 4.78 is 0. The molecule has 0 aliphatic heterocycles. The van der Waals surface area contributed by atoms with Crippen LogP contribution in [-0.4, -0.2) is 11.1 Å². The molecule has 17 heavy (non-hydrogen) atoms. The lowest BCUT2D eigenvalue weighted by Crippen LogP contribution is -1.96. The van der Waals surface area contributed by atoms with Gasteiger partial charge in [-0.15, -0.1) is 0 Å². The van der Waals surface area contributed by atoms with E-state index in [2.05, 4.69) is 12.1 Å². The molecule has 0 amide bonds. The fourth-order valence-corrected chi connectivity index (χ4v) is 2.47. The first kappa shape index (κ1) is 11.9. The zero-order valence-corrected chi connectivity index (χ0v) is 10.1. The Hall–Kier alpha value is -1.57. The Balaban J connectivity index is 2.22. The average Bonchev–Trinajstić information content (AvgIpc) is 2.82. The molecular formula is C15H18O2. The monoisotopic (exact) mass is 230 g/mol. The van der Waals surface area contributed by atoms with Crippen LogP contribution in [-0.2, 0) is 4.79 Å². The fraction of sp³-hybridized carbons (Fsp3) is 0.400. The van der Waals surface area contributed by atoms with E-state index in [1.54, 1.807) is 13.0 Å². The van der Waals surface area contributed by atoms with Crippen molar-refractivity contribution < 1.29 is 9.90 Å². The van der Waals surface area contributed by atoms with Crippen LogP contribution in [0.25, 0.3) is 6.08 Å². The first-order valence-corrected chi connectivity index (χ1v) is 6.18. The maximum absolute atomic E-state index is 10.8. The summed E-state index contributed by atoms with van der Waals surface area (Å²) in [5.74, 6) is -0.176. The molecule has 2 nitrogen and oxygen atoms in total. The molecule has 0 heterocycles. The number of carboxylic acid groups (broad SMARTS) is 1. The van der Waals surface area contributed by atoms with Crippen molar-refractivity contribution >= 4 is 12.0 Å². The van der Waals surface area contributed by atoms with Gasteiger partial charge in [-0.25, -0.2) is 4.79 Å². The van der Waals surface area contributed by atoms with E-state index in [-0.39, 0.29) is 0 Å². The van der Waals surface area contributed by atoms with Gasteiger partial charge in [-0.05, 0) is 42.9 Å². The zero-order chi connectivity index (χ0) is 12.3. The SMILES string of the molecule is C/C(=C\c1cccc(C2CCCC2)c1)C(=O)O. The van der Waals surface area contributed by atoms with Crippen LogP contribution in [0.3, 0.4) is 0 Å². The zero-order valence-electron chi connectivity index (χ0n) is 10.1. The first-order chi connectivity index (χ1) is 8.16. The van der Waals surface area contributed by atoms with Crippen LogP contribution in [0.5, 0.6) is 0 Å². The smallest absolute Gasteiger partial charge is 0.331 e. The molecule has 1 fully saturated rings. The summed E-state index contributed by atoms with van der Waals surface area (Å²) >= 11 is 0. The molecule has 1 saturated carbocycles. The molecule has 1 aromatic carbocycles. The van der Waals surface area contributed by atoms with Crippen LogP contribution < -0.4 is 0 Å². The lowest BCUT2D eigenvalue weighted by atomic mass is 9.95. The Labute approximate surface area is 102 Å². The normalized spacial score (nSPS) is 17.4. The number of rotatable bonds is 3. The Kier molecular flexibility index (Phi) is 3.62. The number of hydrogen-bond donors (Lipinski definition) is 1. The summed E-state index contributed by atoms with van der Waals surface area (Å²) in [7, 11) is 0. The first-order valence-electron chi connectivity index (χ1n) is 6.18. The van der Waals surface area contributed by atoms with Crippen molar-refractivity contribution in [1.82, 2.24) is 0 Å². The van der Waals surface area contributed by atoms with Gasteiger partial charge in [-0.2, -0.15) is 0 Å². The predicted octanol–water partition coefficient (Wildman–Crippen LogP) is 3.83. The molecule has 0 unspecified atom stereocenters. The largest absolute Gasteiger partial charge is 0.478 e. The van der Waals surface area contributed by atoms with Crippen LogP contribution in [0.1, 0.15) is 49.7 Å². The molecule has 2 rings (SSSR count). The maximum atomic E-state index is 10.8. The second kappa shape index (κ2) is 5.17. The van der Waals surface area contributed by atoms with Crippen LogP contribution in [0.15, 0.2) is 29.8 Å². The molecule has 0 saturated heterocycles. The third kappa shape index (κ3) is 2.96. The van der Waals surface area contributed by atoms with Crippen molar-refractivity contribution in [1.29, 1.82) is 0 Å². The minimum atomic E-state index is -0.851. The third-order valence-electron chi connectivity index (χ3n) is 3.46. The van der Waals surface area contributed by atoms with Crippen molar-refractivity contribution in [3.05, 3.63) is 41.0 Å². The quantitative estimate of drug-likeness (QED) is 0.801. The molecule has 0 aromatic heterocycles. The number of aliphatic carboxylic acids is 1. The van der Waals surface area contributed by atoms with Gasteiger partial charge >= 0.3 is 5.97 Å². The van der Waals surface area contributed by atoms with E-state index in [1.807, 2.05) is 12.1 Å². The molecule has 1 aromatic rings. The maximum Gasteiger partial charge on any atom is 0.331 e. The van der Waals surface area contributed by atoms with Gasteiger partial charge in [0.2, 0.25) is 0 Å². The summed E-state index contributed by atoms with van der Waals surface area (Å²) in [6, 6.07) is 8.27. The third-order valence-corrected chi connectivity index (χ3v) is 3.46. The molecule has 1 aliphatic rings. The minimum absolute atomic E-state index is 0.383. The molecule has 1 N–H and O–H groups in total. The molecule has 90 valence electrons. The highest BCUT2D eigenvalue weighted by Gasteiger charge is 2.16. The van der Waals surface area contributed by atoms with Crippen molar-refractivity contribution in [2.75, 3.05) is 0 Å². The van der Waals surface area contributed by atoms with Gasteiger partial charge in [0.1, 0.15) is 0 Å². The summed E-state index contributed by atoms with van der Waals surface area (Å²) in [6.45, 7) is 1.63. The summed E-state index contributed by atoms with van der Waals surface area (Å²) in [6.07, 6.45) is 6.91. The van der Waals surface area contributed by atoms with Gasteiger partial charge in [0, 0.05) is 5.57 Å². The van der Waals surface area contributed by atoms with Crippen molar-refractivity contribution in [3.63, 3.8) is 0 Å². The number of benzene rings is 1. The van der Waals surface area contributed by atoms with Crippen molar-refractivity contribution in [2.24, 2.45) is 0 Å². The van der Waals surface area contributed by atoms with Gasteiger partial charge in [-0.1, -0.05) is 37.1 Å². The summed E-state index contributed by atoms with van der Waals surface area (Å²) in [5.41, 5.74) is 2.73. The van der Waals surface area contributed by atoms with Crippen LogP contribution in [0, 0.1) is 0 Å². The average molecular weight is 230 g/mol. The van der Waals surface area contributed by atoms with Crippen molar-refractivity contribution in [2.45, 2.75) is 38.5 Å².